The lowest BCUT2D eigenvalue weighted by Crippen LogP contribution is -2.45. The molecule has 0 aliphatic carbocycles. The molecule has 0 aromatic heterocycles. The topological polar surface area (TPSA) is 52.6 Å². The highest BCUT2D eigenvalue weighted by Gasteiger charge is 2.18. The molecule has 1 aliphatic heterocycles. The Balaban J connectivity index is 1.62. The molecule has 4 nitrogen and oxygen atoms in total. The number of hydrogen-bond donors (Lipinski definition) is 2. The van der Waals surface area contributed by atoms with Crippen LogP contribution in [0.3, 0.4) is 0 Å². The van der Waals surface area contributed by atoms with E-state index in [-0.39, 0.29) is 17.7 Å². The van der Waals surface area contributed by atoms with E-state index in [4.69, 9.17) is 0 Å². The largest absolute Gasteiger partial charge is 0.508 e. The van der Waals surface area contributed by atoms with Crippen LogP contribution in [0.1, 0.15) is 45.1 Å². The predicted molar refractivity (Wildman–Crippen MR) is 93.5 cm³/mol. The van der Waals surface area contributed by atoms with E-state index in [1.165, 1.54) is 12.8 Å². The molecule has 1 aromatic carbocycles. The highest BCUT2D eigenvalue weighted by molar-refractivity contribution is 5.76. The molecule has 0 unspecified atom stereocenters. The van der Waals surface area contributed by atoms with Gasteiger partial charge in [-0.15, -0.1) is 0 Å². The Labute approximate surface area is 139 Å². The zero-order chi connectivity index (χ0) is 16.7. The zero-order valence-corrected chi connectivity index (χ0v) is 14.4. The standard InChI is InChI=1S/C19H30N2O2/c1-15-5-4-12-21(13-15)14-16(2)20-19(23)7-3-6-17-8-10-18(22)11-9-17/h8-11,15-16,22H,3-7,12-14H2,1-2H3,(H,20,23)/t15-,16-/m1/s1. The number of carbonyl (C=O) groups is 1. The van der Waals surface area contributed by atoms with Gasteiger partial charge in [0.05, 0.1) is 0 Å². The summed E-state index contributed by atoms with van der Waals surface area (Å²) in [6.45, 7) is 7.66. The van der Waals surface area contributed by atoms with Crippen LogP contribution in [0.2, 0.25) is 0 Å². The van der Waals surface area contributed by atoms with Gasteiger partial charge in [-0.2, -0.15) is 0 Å². The molecule has 128 valence electrons. The van der Waals surface area contributed by atoms with E-state index in [0.717, 1.165) is 44.0 Å². The highest BCUT2D eigenvalue weighted by Crippen LogP contribution is 2.15. The molecule has 1 heterocycles. The van der Waals surface area contributed by atoms with E-state index in [9.17, 15) is 9.90 Å². The minimum absolute atomic E-state index is 0.140. The Morgan fingerprint density at radius 1 is 1.39 bits per heavy atom. The Morgan fingerprint density at radius 2 is 2.13 bits per heavy atom. The molecule has 1 amide bonds. The number of amides is 1. The summed E-state index contributed by atoms with van der Waals surface area (Å²) in [6.07, 6.45) is 4.86. The van der Waals surface area contributed by atoms with Crippen molar-refractivity contribution in [3.05, 3.63) is 29.8 Å². The number of nitrogens with one attached hydrogen (secondary N) is 1. The summed E-state index contributed by atoms with van der Waals surface area (Å²) < 4.78 is 0. The molecule has 0 radical (unpaired) electrons. The van der Waals surface area contributed by atoms with E-state index in [1.54, 1.807) is 12.1 Å². The van der Waals surface area contributed by atoms with Crippen molar-refractivity contribution in [2.24, 2.45) is 5.92 Å². The molecule has 0 saturated carbocycles. The first-order valence-electron chi connectivity index (χ1n) is 8.82. The molecule has 23 heavy (non-hydrogen) atoms. The van der Waals surface area contributed by atoms with Gasteiger partial charge >= 0.3 is 0 Å². The Hall–Kier alpha value is -1.55. The SMILES string of the molecule is C[C@@H]1CCCN(C[C@@H](C)NC(=O)CCCc2ccc(O)cc2)C1. The summed E-state index contributed by atoms with van der Waals surface area (Å²) in [4.78, 5) is 14.5. The minimum atomic E-state index is 0.140. The van der Waals surface area contributed by atoms with Gasteiger partial charge in [-0.05, 0) is 62.8 Å². The van der Waals surface area contributed by atoms with Crippen molar-refractivity contribution in [3.8, 4) is 5.75 Å². The van der Waals surface area contributed by atoms with Gasteiger partial charge < -0.3 is 15.3 Å². The fraction of sp³-hybridized carbons (Fsp3) is 0.632. The number of hydrogen-bond acceptors (Lipinski definition) is 3. The quantitative estimate of drug-likeness (QED) is 0.813. The third-order valence-corrected chi connectivity index (χ3v) is 4.49. The number of rotatable bonds is 7. The summed E-state index contributed by atoms with van der Waals surface area (Å²) in [7, 11) is 0. The van der Waals surface area contributed by atoms with Gasteiger partial charge in [0.2, 0.25) is 5.91 Å². The van der Waals surface area contributed by atoms with Gasteiger partial charge in [0.15, 0.2) is 0 Å². The molecule has 1 saturated heterocycles. The number of nitrogens with zero attached hydrogens (tertiary/aromatic N) is 1. The van der Waals surface area contributed by atoms with Crippen molar-refractivity contribution in [3.63, 3.8) is 0 Å². The van der Waals surface area contributed by atoms with Crippen molar-refractivity contribution in [2.75, 3.05) is 19.6 Å². The number of likely N-dealkylation sites (tertiary alicyclic amines) is 1. The summed E-state index contributed by atoms with van der Waals surface area (Å²) in [6, 6.07) is 7.41. The molecule has 2 N–H and O–H groups in total. The highest BCUT2D eigenvalue weighted by atomic mass is 16.3. The maximum absolute atomic E-state index is 12.0. The zero-order valence-electron chi connectivity index (χ0n) is 14.4. The minimum Gasteiger partial charge on any atom is -0.508 e. The number of aromatic hydroxyl groups is 1. The summed E-state index contributed by atoms with van der Waals surface area (Å²) in [5.41, 5.74) is 1.16. The number of phenolic OH excluding ortho intramolecular Hbond substituents is 1. The van der Waals surface area contributed by atoms with Crippen molar-refractivity contribution in [1.82, 2.24) is 10.2 Å². The van der Waals surface area contributed by atoms with Gasteiger partial charge in [0, 0.05) is 25.6 Å². The summed E-state index contributed by atoms with van der Waals surface area (Å²) >= 11 is 0. The third-order valence-electron chi connectivity index (χ3n) is 4.49. The number of benzene rings is 1. The Bertz CT molecular complexity index is 487. The first-order valence-corrected chi connectivity index (χ1v) is 8.82. The molecule has 0 bridgehead atoms. The average Bonchev–Trinajstić information content (AvgIpc) is 2.49. The summed E-state index contributed by atoms with van der Waals surface area (Å²) in [5, 5.41) is 12.4. The second-order valence-corrected chi connectivity index (χ2v) is 7.00. The van der Waals surface area contributed by atoms with Crippen LogP contribution in [0.25, 0.3) is 0 Å². The maximum atomic E-state index is 12.0. The van der Waals surface area contributed by atoms with Crippen molar-refractivity contribution < 1.29 is 9.90 Å². The molecule has 4 heteroatoms. The number of aryl methyl sites for hydroxylation is 1. The predicted octanol–water partition coefficient (Wildman–Crippen LogP) is 2.95. The van der Waals surface area contributed by atoms with E-state index in [1.807, 2.05) is 12.1 Å². The van der Waals surface area contributed by atoms with Gasteiger partial charge in [0.25, 0.3) is 0 Å². The van der Waals surface area contributed by atoms with E-state index in [0.29, 0.717) is 6.42 Å². The van der Waals surface area contributed by atoms with E-state index in [2.05, 4.69) is 24.1 Å². The van der Waals surface area contributed by atoms with E-state index < -0.39 is 0 Å². The second-order valence-electron chi connectivity index (χ2n) is 7.00. The number of phenols is 1. The number of carbonyl (C=O) groups excluding carboxylic acids is 1. The van der Waals surface area contributed by atoms with Crippen molar-refractivity contribution in [1.29, 1.82) is 0 Å². The third kappa shape index (κ3) is 6.61. The summed E-state index contributed by atoms with van der Waals surface area (Å²) in [5.74, 6) is 1.20. The fourth-order valence-corrected chi connectivity index (χ4v) is 3.35. The van der Waals surface area contributed by atoms with Crippen LogP contribution in [0.5, 0.6) is 5.75 Å². The fourth-order valence-electron chi connectivity index (χ4n) is 3.35. The number of piperidine rings is 1. The normalized spacial score (nSPS) is 20.2. The molecular weight excluding hydrogens is 288 g/mol. The van der Waals surface area contributed by atoms with Gasteiger partial charge in [-0.3, -0.25) is 4.79 Å². The second kappa shape index (κ2) is 8.92. The van der Waals surface area contributed by atoms with Crippen molar-refractivity contribution in [2.45, 2.75) is 52.0 Å². The molecule has 2 rings (SSSR count). The first kappa shape index (κ1) is 17.8. The molecule has 2 atom stereocenters. The molecule has 1 fully saturated rings. The molecule has 1 aliphatic rings. The van der Waals surface area contributed by atoms with Gasteiger partial charge in [-0.1, -0.05) is 19.1 Å². The molecular formula is C19H30N2O2. The molecule has 0 spiro atoms. The first-order chi connectivity index (χ1) is 11.0. The van der Waals surface area contributed by atoms with Gasteiger partial charge in [-0.25, -0.2) is 0 Å². The smallest absolute Gasteiger partial charge is 0.220 e. The van der Waals surface area contributed by atoms with Crippen LogP contribution < -0.4 is 5.32 Å². The lowest BCUT2D eigenvalue weighted by Gasteiger charge is -2.32. The monoisotopic (exact) mass is 318 g/mol. The van der Waals surface area contributed by atoms with Crippen LogP contribution in [-0.4, -0.2) is 41.6 Å². The van der Waals surface area contributed by atoms with Crippen LogP contribution in [0.4, 0.5) is 0 Å². The van der Waals surface area contributed by atoms with Crippen LogP contribution in [0, 0.1) is 5.92 Å². The van der Waals surface area contributed by atoms with E-state index >= 15 is 0 Å². The van der Waals surface area contributed by atoms with Gasteiger partial charge in [0.1, 0.15) is 5.75 Å². The van der Waals surface area contributed by atoms with Crippen LogP contribution in [-0.2, 0) is 11.2 Å². The average molecular weight is 318 g/mol. The van der Waals surface area contributed by atoms with Crippen molar-refractivity contribution >= 4 is 5.91 Å². The Kier molecular flexibility index (Phi) is 6.90. The lowest BCUT2D eigenvalue weighted by molar-refractivity contribution is -0.121. The van der Waals surface area contributed by atoms with Crippen LogP contribution >= 0.6 is 0 Å². The Morgan fingerprint density at radius 3 is 2.83 bits per heavy atom. The molecule has 1 aromatic rings. The lowest BCUT2D eigenvalue weighted by atomic mass is 10.00. The maximum Gasteiger partial charge on any atom is 0.220 e. The van der Waals surface area contributed by atoms with Crippen LogP contribution in [0.15, 0.2) is 24.3 Å².